The Labute approximate surface area is 187 Å². The molecule has 166 valence electrons. The minimum Gasteiger partial charge on any atom is -0.376 e. The predicted molar refractivity (Wildman–Crippen MR) is 117 cm³/mol. The third-order valence-corrected chi connectivity index (χ3v) is 5.89. The van der Waals surface area contributed by atoms with Gasteiger partial charge < -0.3 is 10.1 Å². The number of carbonyl (C=O) groups is 1. The summed E-state index contributed by atoms with van der Waals surface area (Å²) in [7, 11) is 0. The maximum absolute atomic E-state index is 13.0. The molecule has 1 aliphatic heterocycles. The molecule has 1 N–H and O–H groups in total. The van der Waals surface area contributed by atoms with Crippen LogP contribution in [0, 0.1) is 15.9 Å². The van der Waals surface area contributed by atoms with Gasteiger partial charge in [0.05, 0.1) is 23.3 Å². The monoisotopic (exact) mass is 457 g/mol. The van der Waals surface area contributed by atoms with Crippen molar-refractivity contribution in [3.05, 3.63) is 64.5 Å². The van der Waals surface area contributed by atoms with E-state index in [1.807, 2.05) is 4.57 Å². The third-order valence-electron chi connectivity index (χ3n) is 4.92. The number of nitrogens with one attached hydrogen (secondary N) is 1. The lowest BCUT2D eigenvalue weighted by Gasteiger charge is -2.14. The van der Waals surface area contributed by atoms with Gasteiger partial charge in [-0.2, -0.15) is 0 Å². The summed E-state index contributed by atoms with van der Waals surface area (Å²) in [5.74, 6) is 0.00164. The first-order valence-corrected chi connectivity index (χ1v) is 11.0. The Morgan fingerprint density at radius 2 is 1.97 bits per heavy atom. The summed E-state index contributed by atoms with van der Waals surface area (Å²) in [6.45, 7) is 1.21. The molecule has 11 heteroatoms. The highest BCUT2D eigenvalue weighted by atomic mass is 32.2. The molecule has 0 bridgehead atoms. The van der Waals surface area contributed by atoms with E-state index in [0.29, 0.717) is 35.4 Å². The molecule has 1 aromatic heterocycles. The number of anilines is 1. The zero-order chi connectivity index (χ0) is 22.5. The van der Waals surface area contributed by atoms with Crippen molar-refractivity contribution in [2.45, 2.75) is 30.6 Å². The Morgan fingerprint density at radius 3 is 2.62 bits per heavy atom. The molecule has 32 heavy (non-hydrogen) atoms. The van der Waals surface area contributed by atoms with Crippen molar-refractivity contribution in [1.82, 2.24) is 14.8 Å². The normalized spacial score (nSPS) is 15.6. The van der Waals surface area contributed by atoms with E-state index in [1.54, 1.807) is 12.1 Å². The standard InChI is InChI=1S/C21H20FN5O4S/c22-15-5-7-16(8-6-15)23-19(28)13-32-21-25-24-20(26(21)12-18-2-1-11-31-18)14-3-9-17(10-4-14)27(29)30/h3-10,18H,1-2,11-13H2,(H,23,28)/t18-/m0/s1. The molecule has 9 nitrogen and oxygen atoms in total. The molecule has 0 radical (unpaired) electrons. The maximum atomic E-state index is 13.0. The average Bonchev–Trinajstić information content (AvgIpc) is 3.44. The molecule has 2 heterocycles. The summed E-state index contributed by atoms with van der Waals surface area (Å²) < 4.78 is 20.7. The number of thioether (sulfide) groups is 1. The highest BCUT2D eigenvalue weighted by Crippen LogP contribution is 2.28. The number of benzene rings is 2. The van der Waals surface area contributed by atoms with Crippen LogP contribution in [0.4, 0.5) is 15.8 Å². The van der Waals surface area contributed by atoms with Crippen molar-refractivity contribution < 1.29 is 18.8 Å². The largest absolute Gasteiger partial charge is 0.376 e. The summed E-state index contributed by atoms with van der Waals surface area (Å²) >= 11 is 1.22. The van der Waals surface area contributed by atoms with Crippen molar-refractivity contribution in [2.24, 2.45) is 0 Å². The van der Waals surface area contributed by atoms with Gasteiger partial charge in [0.1, 0.15) is 5.82 Å². The predicted octanol–water partition coefficient (Wildman–Crippen LogP) is 3.90. The quantitative estimate of drug-likeness (QED) is 0.310. The Balaban J connectivity index is 1.51. The second kappa shape index (κ2) is 9.88. The van der Waals surface area contributed by atoms with Crippen molar-refractivity contribution in [2.75, 3.05) is 17.7 Å². The molecule has 4 rings (SSSR count). The number of hydrogen-bond donors (Lipinski definition) is 1. The molecule has 1 fully saturated rings. The van der Waals surface area contributed by atoms with E-state index in [9.17, 15) is 19.3 Å². The van der Waals surface area contributed by atoms with Crippen LogP contribution in [0.3, 0.4) is 0 Å². The van der Waals surface area contributed by atoms with Crippen molar-refractivity contribution in [3.8, 4) is 11.4 Å². The SMILES string of the molecule is O=C(CSc1nnc(-c2ccc([N+](=O)[O-])cc2)n1C[C@@H]1CCCO1)Nc1ccc(F)cc1. The van der Waals surface area contributed by atoms with E-state index in [-0.39, 0.29) is 29.3 Å². The molecule has 1 amide bonds. The fourth-order valence-electron chi connectivity index (χ4n) is 3.36. The molecule has 0 unspecified atom stereocenters. The molecular weight excluding hydrogens is 437 g/mol. The third kappa shape index (κ3) is 5.29. The number of non-ortho nitro benzene ring substituents is 1. The van der Waals surface area contributed by atoms with Gasteiger partial charge in [-0.05, 0) is 49.2 Å². The fraction of sp³-hybridized carbons (Fsp3) is 0.286. The number of aromatic nitrogens is 3. The van der Waals surface area contributed by atoms with Crippen LogP contribution in [0.2, 0.25) is 0 Å². The van der Waals surface area contributed by atoms with Gasteiger partial charge in [0.2, 0.25) is 5.91 Å². The number of nitro benzene ring substituents is 1. The van der Waals surface area contributed by atoms with E-state index in [4.69, 9.17) is 4.74 Å². The van der Waals surface area contributed by atoms with Crippen molar-refractivity contribution in [1.29, 1.82) is 0 Å². The second-order valence-corrected chi connectivity index (χ2v) is 8.14. The minimum absolute atomic E-state index is 0.00833. The van der Waals surface area contributed by atoms with Gasteiger partial charge in [0.25, 0.3) is 5.69 Å². The van der Waals surface area contributed by atoms with Gasteiger partial charge in [0, 0.05) is 30.0 Å². The highest BCUT2D eigenvalue weighted by molar-refractivity contribution is 7.99. The Morgan fingerprint density at radius 1 is 1.22 bits per heavy atom. The fourth-order valence-corrected chi connectivity index (χ4v) is 4.11. The van der Waals surface area contributed by atoms with Crippen molar-refractivity contribution >= 4 is 29.0 Å². The van der Waals surface area contributed by atoms with Crippen LogP contribution in [0.15, 0.2) is 53.7 Å². The van der Waals surface area contributed by atoms with E-state index in [1.165, 1.54) is 48.2 Å². The summed E-state index contributed by atoms with van der Waals surface area (Å²) in [6.07, 6.45) is 1.89. The first-order chi connectivity index (χ1) is 15.5. The first kappa shape index (κ1) is 21.9. The second-order valence-electron chi connectivity index (χ2n) is 7.20. The molecule has 1 saturated heterocycles. The van der Waals surface area contributed by atoms with E-state index >= 15 is 0 Å². The van der Waals surface area contributed by atoms with E-state index in [0.717, 1.165) is 12.8 Å². The van der Waals surface area contributed by atoms with Gasteiger partial charge in [-0.3, -0.25) is 19.5 Å². The number of ether oxygens (including phenoxy) is 1. The molecule has 3 aromatic rings. The number of halogens is 1. The smallest absolute Gasteiger partial charge is 0.269 e. The zero-order valence-electron chi connectivity index (χ0n) is 16.9. The number of carbonyl (C=O) groups excluding carboxylic acids is 1. The summed E-state index contributed by atoms with van der Waals surface area (Å²) in [6, 6.07) is 11.6. The van der Waals surface area contributed by atoms with Gasteiger partial charge >= 0.3 is 0 Å². The molecule has 0 aliphatic carbocycles. The number of rotatable bonds is 8. The number of amides is 1. The maximum Gasteiger partial charge on any atom is 0.269 e. The summed E-state index contributed by atoms with van der Waals surface area (Å²) in [5, 5.41) is 22.7. The molecular formula is C21H20FN5O4S. The average molecular weight is 457 g/mol. The topological polar surface area (TPSA) is 112 Å². The first-order valence-electron chi connectivity index (χ1n) is 9.97. The molecule has 2 aromatic carbocycles. The van der Waals surface area contributed by atoms with Gasteiger partial charge in [-0.1, -0.05) is 11.8 Å². The van der Waals surface area contributed by atoms with Crippen LogP contribution in [0.1, 0.15) is 12.8 Å². The van der Waals surface area contributed by atoms with Crippen LogP contribution >= 0.6 is 11.8 Å². The van der Waals surface area contributed by atoms with E-state index < -0.39 is 4.92 Å². The minimum atomic E-state index is -0.456. The Bertz CT molecular complexity index is 1100. The van der Waals surface area contributed by atoms with Gasteiger partial charge in [-0.25, -0.2) is 4.39 Å². The summed E-state index contributed by atoms with van der Waals surface area (Å²) in [4.78, 5) is 22.8. The molecule has 1 atom stereocenters. The van der Waals surface area contributed by atoms with Crippen LogP contribution in [-0.2, 0) is 16.1 Å². The highest BCUT2D eigenvalue weighted by Gasteiger charge is 2.22. The lowest BCUT2D eigenvalue weighted by Crippen LogP contribution is -2.18. The van der Waals surface area contributed by atoms with Crippen LogP contribution in [-0.4, -0.2) is 44.1 Å². The Hall–Kier alpha value is -3.31. The van der Waals surface area contributed by atoms with Crippen molar-refractivity contribution in [3.63, 3.8) is 0 Å². The van der Waals surface area contributed by atoms with Crippen LogP contribution in [0.5, 0.6) is 0 Å². The molecule has 0 saturated carbocycles. The van der Waals surface area contributed by atoms with E-state index in [2.05, 4.69) is 15.5 Å². The number of nitro groups is 1. The van der Waals surface area contributed by atoms with Gasteiger partial charge in [0.15, 0.2) is 11.0 Å². The van der Waals surface area contributed by atoms with Crippen LogP contribution < -0.4 is 5.32 Å². The lowest BCUT2D eigenvalue weighted by molar-refractivity contribution is -0.384. The zero-order valence-corrected chi connectivity index (χ0v) is 17.8. The number of hydrogen-bond acceptors (Lipinski definition) is 7. The summed E-state index contributed by atoms with van der Waals surface area (Å²) in [5.41, 5.74) is 1.18. The number of nitrogens with zero attached hydrogens (tertiary/aromatic N) is 4. The van der Waals surface area contributed by atoms with Gasteiger partial charge in [-0.15, -0.1) is 10.2 Å². The molecule has 0 spiro atoms. The van der Waals surface area contributed by atoms with Crippen LogP contribution in [0.25, 0.3) is 11.4 Å². The molecule has 1 aliphatic rings. The lowest BCUT2D eigenvalue weighted by atomic mass is 10.2. The Kier molecular flexibility index (Phi) is 6.76.